The van der Waals surface area contributed by atoms with Crippen molar-refractivity contribution in [3.63, 3.8) is 0 Å². The number of hydroxylamine groups is 1. The molecule has 0 spiro atoms. The Bertz CT molecular complexity index is 991. The lowest BCUT2D eigenvalue weighted by Crippen LogP contribution is -2.28. The van der Waals surface area contributed by atoms with E-state index in [9.17, 15) is 9.59 Å². The van der Waals surface area contributed by atoms with Gasteiger partial charge >= 0.3 is 0 Å². The van der Waals surface area contributed by atoms with Gasteiger partial charge in [-0.15, -0.1) is 0 Å². The number of benzene rings is 2. The summed E-state index contributed by atoms with van der Waals surface area (Å²) in [5, 5.41) is 13.7. The van der Waals surface area contributed by atoms with E-state index in [2.05, 4.69) is 11.4 Å². The molecule has 3 rings (SSSR count). The number of fused-ring (bicyclic) bond motifs is 1. The highest BCUT2D eigenvalue weighted by molar-refractivity contribution is 5.94. The van der Waals surface area contributed by atoms with Crippen LogP contribution in [0.3, 0.4) is 0 Å². The minimum absolute atomic E-state index is 0.111. The summed E-state index contributed by atoms with van der Waals surface area (Å²) in [5.74, 6) is 0.242. The van der Waals surface area contributed by atoms with E-state index in [4.69, 9.17) is 9.94 Å². The van der Waals surface area contributed by atoms with Crippen molar-refractivity contribution in [3.8, 4) is 5.75 Å². The Morgan fingerprint density at radius 1 is 1.06 bits per heavy atom. The smallest absolute Gasteiger partial charge is 0.250 e. The van der Waals surface area contributed by atoms with Crippen LogP contribution in [0.2, 0.25) is 0 Å². The molecule has 176 valence electrons. The van der Waals surface area contributed by atoms with E-state index in [1.807, 2.05) is 48.5 Å². The molecule has 0 aromatic heterocycles. The molecule has 2 aromatic carbocycles. The second-order valence-corrected chi connectivity index (χ2v) is 8.39. The standard InChI is InChI=1S/C27H34N2O4/c30-26(29-32)17-6-2-5-13-23(27(31)28-19-18-21-10-3-1-4-11-21)20-33-25-16-9-14-22-12-7-8-15-24(22)25/h7-10,12-16,32H,1-6,11,17-20H2,(H,28,31)(H,29,30). The minimum atomic E-state index is -0.395. The van der Waals surface area contributed by atoms with Crippen molar-refractivity contribution in [2.45, 2.75) is 57.8 Å². The van der Waals surface area contributed by atoms with Gasteiger partial charge in [-0.3, -0.25) is 14.8 Å². The van der Waals surface area contributed by atoms with Crippen molar-refractivity contribution >= 4 is 22.6 Å². The van der Waals surface area contributed by atoms with Crippen LogP contribution in [0.25, 0.3) is 10.8 Å². The molecule has 3 N–H and O–H groups in total. The number of allylic oxidation sites excluding steroid dienone is 2. The molecule has 1 aliphatic rings. The third-order valence-electron chi connectivity index (χ3n) is 5.91. The average Bonchev–Trinajstić information content (AvgIpc) is 2.86. The summed E-state index contributed by atoms with van der Waals surface area (Å²) in [5.41, 5.74) is 3.66. The molecule has 0 saturated carbocycles. The number of rotatable bonds is 12. The Hall–Kier alpha value is -3.12. The fourth-order valence-corrected chi connectivity index (χ4v) is 4.04. The van der Waals surface area contributed by atoms with Crippen molar-refractivity contribution in [1.29, 1.82) is 0 Å². The first-order valence-electron chi connectivity index (χ1n) is 11.9. The third kappa shape index (κ3) is 8.06. The van der Waals surface area contributed by atoms with Gasteiger partial charge in [0.2, 0.25) is 11.8 Å². The van der Waals surface area contributed by atoms with Gasteiger partial charge in [-0.05, 0) is 62.8 Å². The van der Waals surface area contributed by atoms with Gasteiger partial charge in [-0.2, -0.15) is 0 Å². The molecule has 0 heterocycles. The Labute approximate surface area is 195 Å². The Kier molecular flexibility index (Phi) is 9.98. The van der Waals surface area contributed by atoms with Crippen LogP contribution in [0.15, 0.2) is 65.8 Å². The maximum atomic E-state index is 12.9. The summed E-state index contributed by atoms with van der Waals surface area (Å²) in [6.45, 7) is 0.798. The predicted octanol–water partition coefficient (Wildman–Crippen LogP) is 5.22. The van der Waals surface area contributed by atoms with Crippen molar-refractivity contribution in [1.82, 2.24) is 10.8 Å². The molecule has 0 aliphatic heterocycles. The summed E-state index contributed by atoms with van der Waals surface area (Å²) < 4.78 is 6.07. The third-order valence-corrected chi connectivity index (χ3v) is 5.91. The maximum absolute atomic E-state index is 12.9. The molecule has 0 radical (unpaired) electrons. The van der Waals surface area contributed by atoms with Gasteiger partial charge in [0.05, 0.1) is 5.57 Å². The molecule has 2 aromatic rings. The van der Waals surface area contributed by atoms with Crippen LogP contribution < -0.4 is 15.5 Å². The fourth-order valence-electron chi connectivity index (χ4n) is 4.04. The summed E-state index contributed by atoms with van der Waals surface area (Å²) >= 11 is 0. The zero-order chi connectivity index (χ0) is 23.3. The second-order valence-electron chi connectivity index (χ2n) is 8.39. The largest absolute Gasteiger partial charge is 0.488 e. The van der Waals surface area contributed by atoms with E-state index < -0.39 is 5.91 Å². The van der Waals surface area contributed by atoms with Gasteiger partial charge in [0.15, 0.2) is 0 Å². The highest BCUT2D eigenvalue weighted by Crippen LogP contribution is 2.25. The lowest BCUT2D eigenvalue weighted by Gasteiger charge is -2.15. The summed E-state index contributed by atoms with van der Waals surface area (Å²) in [4.78, 5) is 24.1. The number of unbranched alkanes of at least 4 members (excludes halogenated alkanes) is 2. The SMILES string of the molecule is O=C(CCCCC=C(COc1cccc2ccccc12)C(=O)NCCC1=CCCCC1)NO. The summed E-state index contributed by atoms with van der Waals surface area (Å²) in [7, 11) is 0. The molecule has 0 bridgehead atoms. The molecule has 2 amide bonds. The first-order valence-corrected chi connectivity index (χ1v) is 11.9. The number of hydrogen-bond donors (Lipinski definition) is 3. The first kappa shape index (κ1) is 24.5. The first-order chi connectivity index (χ1) is 16.2. The quantitative estimate of drug-likeness (QED) is 0.136. The molecule has 6 heteroatoms. The van der Waals surface area contributed by atoms with E-state index in [1.165, 1.54) is 18.4 Å². The van der Waals surface area contributed by atoms with Crippen molar-refractivity contribution in [2.24, 2.45) is 0 Å². The number of carbonyl (C=O) groups is 2. The van der Waals surface area contributed by atoms with Crippen LogP contribution >= 0.6 is 0 Å². The van der Waals surface area contributed by atoms with E-state index in [0.29, 0.717) is 25.0 Å². The monoisotopic (exact) mass is 450 g/mol. The minimum Gasteiger partial charge on any atom is -0.488 e. The van der Waals surface area contributed by atoms with Crippen molar-refractivity contribution < 1.29 is 19.5 Å². The molecule has 0 fully saturated rings. The summed E-state index contributed by atoms with van der Waals surface area (Å²) in [6, 6.07) is 13.9. The van der Waals surface area contributed by atoms with Gasteiger partial charge < -0.3 is 10.1 Å². The van der Waals surface area contributed by atoms with E-state index >= 15 is 0 Å². The highest BCUT2D eigenvalue weighted by Gasteiger charge is 2.12. The lowest BCUT2D eigenvalue weighted by atomic mass is 9.97. The van der Waals surface area contributed by atoms with Gasteiger partial charge in [-0.25, -0.2) is 5.48 Å². The molecule has 0 saturated heterocycles. The van der Waals surface area contributed by atoms with E-state index in [-0.39, 0.29) is 18.9 Å². The second kappa shape index (κ2) is 13.4. The Morgan fingerprint density at radius 3 is 2.73 bits per heavy atom. The molecule has 1 aliphatic carbocycles. The van der Waals surface area contributed by atoms with Crippen LogP contribution in [-0.4, -0.2) is 30.2 Å². The molecular weight excluding hydrogens is 416 g/mol. The number of hydrogen-bond acceptors (Lipinski definition) is 4. The van der Waals surface area contributed by atoms with E-state index in [0.717, 1.165) is 42.2 Å². The molecular formula is C27H34N2O4. The molecule has 6 nitrogen and oxygen atoms in total. The zero-order valence-electron chi connectivity index (χ0n) is 19.1. The van der Waals surface area contributed by atoms with Gasteiger partial charge in [0, 0.05) is 18.4 Å². The zero-order valence-corrected chi connectivity index (χ0v) is 19.1. The van der Waals surface area contributed by atoms with Crippen molar-refractivity contribution in [3.05, 3.63) is 65.8 Å². The van der Waals surface area contributed by atoms with Crippen molar-refractivity contribution in [2.75, 3.05) is 13.2 Å². The predicted molar refractivity (Wildman–Crippen MR) is 130 cm³/mol. The normalized spacial score (nSPS) is 14.0. The van der Waals surface area contributed by atoms with Crippen LogP contribution in [-0.2, 0) is 9.59 Å². The molecule has 0 atom stereocenters. The molecule has 33 heavy (non-hydrogen) atoms. The number of nitrogens with one attached hydrogen (secondary N) is 2. The Balaban J connectivity index is 1.59. The number of ether oxygens (including phenoxy) is 1. The number of carbonyl (C=O) groups excluding carboxylic acids is 2. The van der Waals surface area contributed by atoms with E-state index in [1.54, 1.807) is 5.48 Å². The van der Waals surface area contributed by atoms with Gasteiger partial charge in [-0.1, -0.05) is 54.1 Å². The topological polar surface area (TPSA) is 87.7 Å². The van der Waals surface area contributed by atoms with Crippen LogP contribution in [0, 0.1) is 0 Å². The maximum Gasteiger partial charge on any atom is 0.250 e. The van der Waals surface area contributed by atoms with Crippen LogP contribution in [0.1, 0.15) is 57.8 Å². The lowest BCUT2D eigenvalue weighted by molar-refractivity contribution is -0.129. The summed E-state index contributed by atoms with van der Waals surface area (Å²) in [6.07, 6.45) is 12.1. The fraction of sp³-hybridized carbons (Fsp3) is 0.407. The Morgan fingerprint density at radius 2 is 1.91 bits per heavy atom. The van der Waals surface area contributed by atoms with Crippen LogP contribution in [0.5, 0.6) is 5.75 Å². The average molecular weight is 451 g/mol. The van der Waals surface area contributed by atoms with Gasteiger partial charge in [0.1, 0.15) is 12.4 Å². The van der Waals surface area contributed by atoms with Crippen LogP contribution in [0.4, 0.5) is 0 Å². The number of amides is 2. The highest BCUT2D eigenvalue weighted by atomic mass is 16.5. The molecule has 0 unspecified atom stereocenters. The van der Waals surface area contributed by atoms with Gasteiger partial charge in [0.25, 0.3) is 0 Å².